The van der Waals surface area contributed by atoms with Crippen LogP contribution in [0.15, 0.2) is 57.9 Å². The molecule has 0 saturated carbocycles. The molecule has 0 aliphatic rings. The van der Waals surface area contributed by atoms with Crippen molar-refractivity contribution >= 4 is 26.7 Å². The van der Waals surface area contributed by atoms with Crippen LogP contribution in [0.25, 0.3) is 0 Å². The molecular weight excluding hydrogens is 310 g/mol. The first-order valence-electron chi connectivity index (χ1n) is 5.61. The number of halogens is 1. The maximum atomic E-state index is 12.2. The van der Waals surface area contributed by atoms with E-state index in [1.807, 2.05) is 48.5 Å². The van der Waals surface area contributed by atoms with E-state index in [0.29, 0.717) is 12.3 Å². The van der Waals surface area contributed by atoms with Crippen molar-refractivity contribution in [2.45, 2.75) is 17.2 Å². The number of nitrogens with two attached hydrogens (primary N) is 1. The Bertz CT molecular complexity index is 554. The molecular formula is C14H14BrNOS. The van der Waals surface area contributed by atoms with Crippen molar-refractivity contribution in [1.82, 2.24) is 0 Å². The van der Waals surface area contributed by atoms with Gasteiger partial charge < -0.3 is 5.73 Å². The summed E-state index contributed by atoms with van der Waals surface area (Å²) >= 11 is 3.37. The second-order valence-corrected chi connectivity index (χ2v) is 6.28. The fraction of sp³-hybridized carbons (Fsp3) is 0.143. The van der Waals surface area contributed by atoms with Crippen LogP contribution in [-0.2, 0) is 23.1 Å². The predicted octanol–water partition coefficient (Wildman–Crippen LogP) is 3.22. The van der Waals surface area contributed by atoms with E-state index in [4.69, 9.17) is 5.73 Å². The Hall–Kier alpha value is -0.970. The molecule has 18 heavy (non-hydrogen) atoms. The quantitative estimate of drug-likeness (QED) is 0.938. The third-order valence-electron chi connectivity index (χ3n) is 2.70. The van der Waals surface area contributed by atoms with Crippen LogP contribution in [0.4, 0.5) is 0 Å². The standard InChI is InChI=1S/C14H14BrNOS/c15-13-5-7-14(8-6-13)18(17)10-12-4-2-1-3-11(12)9-16/h1-8H,9-10,16H2. The normalized spacial score (nSPS) is 12.3. The lowest BCUT2D eigenvalue weighted by molar-refractivity contribution is 0.682. The van der Waals surface area contributed by atoms with E-state index in [1.165, 1.54) is 0 Å². The van der Waals surface area contributed by atoms with Crippen molar-refractivity contribution in [3.05, 3.63) is 64.1 Å². The van der Waals surface area contributed by atoms with Crippen LogP contribution in [0.5, 0.6) is 0 Å². The zero-order valence-electron chi connectivity index (χ0n) is 9.80. The van der Waals surface area contributed by atoms with E-state index in [1.54, 1.807) is 0 Å². The van der Waals surface area contributed by atoms with Crippen LogP contribution in [0.1, 0.15) is 11.1 Å². The van der Waals surface area contributed by atoms with Gasteiger partial charge in [0.2, 0.25) is 0 Å². The van der Waals surface area contributed by atoms with Gasteiger partial charge in [0.1, 0.15) is 0 Å². The molecule has 0 heterocycles. The fourth-order valence-electron chi connectivity index (χ4n) is 1.71. The Morgan fingerprint density at radius 3 is 2.22 bits per heavy atom. The molecule has 2 aromatic carbocycles. The predicted molar refractivity (Wildman–Crippen MR) is 78.6 cm³/mol. The Morgan fingerprint density at radius 1 is 1.00 bits per heavy atom. The lowest BCUT2D eigenvalue weighted by atomic mass is 10.1. The minimum absolute atomic E-state index is 0.480. The molecule has 0 saturated heterocycles. The van der Waals surface area contributed by atoms with Gasteiger partial charge in [-0.15, -0.1) is 0 Å². The van der Waals surface area contributed by atoms with Gasteiger partial charge in [-0.2, -0.15) is 0 Å². The highest BCUT2D eigenvalue weighted by Gasteiger charge is 2.07. The summed E-state index contributed by atoms with van der Waals surface area (Å²) in [7, 11) is -1.03. The van der Waals surface area contributed by atoms with Gasteiger partial charge in [-0.3, -0.25) is 4.21 Å². The summed E-state index contributed by atoms with van der Waals surface area (Å²) < 4.78 is 13.2. The third kappa shape index (κ3) is 3.28. The lowest BCUT2D eigenvalue weighted by Crippen LogP contribution is -2.04. The van der Waals surface area contributed by atoms with E-state index >= 15 is 0 Å². The van der Waals surface area contributed by atoms with Crippen LogP contribution in [0.2, 0.25) is 0 Å². The molecule has 1 unspecified atom stereocenters. The summed E-state index contributed by atoms with van der Waals surface area (Å²) in [6.07, 6.45) is 0. The molecule has 0 bridgehead atoms. The molecule has 0 radical (unpaired) electrons. The van der Waals surface area contributed by atoms with Gasteiger partial charge in [-0.1, -0.05) is 40.2 Å². The maximum Gasteiger partial charge on any atom is 0.0574 e. The lowest BCUT2D eigenvalue weighted by Gasteiger charge is -2.07. The first kappa shape index (κ1) is 13.5. The van der Waals surface area contributed by atoms with E-state index < -0.39 is 10.8 Å². The molecule has 0 spiro atoms. The van der Waals surface area contributed by atoms with Crippen LogP contribution < -0.4 is 5.73 Å². The Balaban J connectivity index is 2.18. The molecule has 4 heteroatoms. The van der Waals surface area contributed by atoms with E-state index in [0.717, 1.165) is 20.5 Å². The Labute approximate surface area is 118 Å². The average molecular weight is 324 g/mol. The van der Waals surface area contributed by atoms with Crippen molar-refractivity contribution in [3.8, 4) is 0 Å². The zero-order chi connectivity index (χ0) is 13.0. The summed E-state index contributed by atoms with van der Waals surface area (Å²) in [5.74, 6) is 0.509. The van der Waals surface area contributed by atoms with Crippen molar-refractivity contribution in [3.63, 3.8) is 0 Å². The minimum atomic E-state index is -1.03. The molecule has 2 rings (SSSR count). The van der Waals surface area contributed by atoms with Gasteiger partial charge in [0, 0.05) is 15.9 Å². The molecule has 94 valence electrons. The fourth-order valence-corrected chi connectivity index (χ4v) is 3.14. The Morgan fingerprint density at radius 2 is 1.61 bits per heavy atom. The van der Waals surface area contributed by atoms with Gasteiger partial charge in [0.15, 0.2) is 0 Å². The average Bonchev–Trinajstić information content (AvgIpc) is 2.40. The van der Waals surface area contributed by atoms with Gasteiger partial charge in [0.25, 0.3) is 0 Å². The number of hydrogen-bond donors (Lipinski definition) is 1. The second-order valence-electron chi connectivity index (χ2n) is 3.92. The molecule has 1 atom stereocenters. The van der Waals surface area contributed by atoms with Crippen molar-refractivity contribution in [2.75, 3.05) is 0 Å². The number of benzene rings is 2. The Kier molecular flexibility index (Phi) is 4.69. The van der Waals surface area contributed by atoms with Crippen LogP contribution >= 0.6 is 15.9 Å². The van der Waals surface area contributed by atoms with E-state index in [-0.39, 0.29) is 0 Å². The van der Waals surface area contributed by atoms with Crippen LogP contribution in [0, 0.1) is 0 Å². The highest BCUT2D eigenvalue weighted by atomic mass is 79.9. The zero-order valence-corrected chi connectivity index (χ0v) is 12.2. The first-order valence-corrected chi connectivity index (χ1v) is 7.72. The minimum Gasteiger partial charge on any atom is -0.326 e. The summed E-state index contributed by atoms with van der Waals surface area (Å²) in [6, 6.07) is 15.4. The van der Waals surface area contributed by atoms with Gasteiger partial charge in [-0.25, -0.2) is 0 Å². The highest BCUT2D eigenvalue weighted by Crippen LogP contribution is 2.18. The van der Waals surface area contributed by atoms with Gasteiger partial charge in [0.05, 0.1) is 16.6 Å². The second kappa shape index (κ2) is 6.27. The SMILES string of the molecule is NCc1ccccc1CS(=O)c1ccc(Br)cc1. The summed E-state index contributed by atoms with van der Waals surface area (Å²) in [5, 5.41) is 0. The monoisotopic (exact) mass is 323 g/mol. The van der Waals surface area contributed by atoms with Gasteiger partial charge >= 0.3 is 0 Å². The van der Waals surface area contributed by atoms with E-state index in [9.17, 15) is 4.21 Å². The van der Waals surface area contributed by atoms with Crippen LogP contribution in [-0.4, -0.2) is 4.21 Å². The molecule has 0 amide bonds. The van der Waals surface area contributed by atoms with Crippen LogP contribution in [0.3, 0.4) is 0 Å². The summed E-state index contributed by atoms with van der Waals surface area (Å²) in [6.45, 7) is 0.480. The topological polar surface area (TPSA) is 43.1 Å². The largest absolute Gasteiger partial charge is 0.326 e. The molecule has 0 fully saturated rings. The number of hydrogen-bond acceptors (Lipinski definition) is 2. The molecule has 0 aliphatic carbocycles. The smallest absolute Gasteiger partial charge is 0.0574 e. The summed E-state index contributed by atoms with van der Waals surface area (Å²) in [5.41, 5.74) is 7.79. The van der Waals surface area contributed by atoms with Crippen molar-refractivity contribution < 1.29 is 4.21 Å². The molecule has 2 aromatic rings. The summed E-state index contributed by atoms with van der Waals surface area (Å²) in [4.78, 5) is 0.838. The number of rotatable bonds is 4. The first-order chi connectivity index (χ1) is 8.70. The van der Waals surface area contributed by atoms with Crippen molar-refractivity contribution in [1.29, 1.82) is 0 Å². The molecule has 2 nitrogen and oxygen atoms in total. The van der Waals surface area contributed by atoms with Crippen molar-refractivity contribution in [2.24, 2.45) is 5.73 Å². The maximum absolute atomic E-state index is 12.2. The molecule has 0 aliphatic heterocycles. The van der Waals surface area contributed by atoms with Gasteiger partial charge in [-0.05, 0) is 35.4 Å². The third-order valence-corrected chi connectivity index (χ3v) is 4.60. The van der Waals surface area contributed by atoms with E-state index in [2.05, 4.69) is 15.9 Å². The highest BCUT2D eigenvalue weighted by molar-refractivity contribution is 9.10. The molecule has 0 aromatic heterocycles. The molecule has 2 N–H and O–H groups in total.